The lowest BCUT2D eigenvalue weighted by Crippen LogP contribution is -2.16. The number of thiazole rings is 1. The summed E-state index contributed by atoms with van der Waals surface area (Å²) in [6.07, 6.45) is 3.98. The maximum absolute atomic E-state index is 4.95. The molecule has 1 aromatic carbocycles. The highest BCUT2D eigenvalue weighted by Crippen LogP contribution is 2.49. The first-order valence-electron chi connectivity index (χ1n) is 7.59. The molecule has 4 rings (SSSR count). The molecule has 2 aliphatic rings. The fourth-order valence-electron chi connectivity index (χ4n) is 2.66. The number of rotatable bonds is 5. The van der Waals surface area contributed by atoms with E-state index in [9.17, 15) is 0 Å². The summed E-state index contributed by atoms with van der Waals surface area (Å²) in [6.45, 7) is 3.25. The van der Waals surface area contributed by atoms with Gasteiger partial charge in [-0.25, -0.2) is 4.98 Å². The quantitative estimate of drug-likeness (QED) is 0.890. The number of aromatic nitrogens is 1. The summed E-state index contributed by atoms with van der Waals surface area (Å²) in [5.41, 5.74) is 2.57. The van der Waals surface area contributed by atoms with Crippen LogP contribution in [0.1, 0.15) is 42.8 Å². The molecule has 0 aliphatic heterocycles. The molecule has 104 valence electrons. The van der Waals surface area contributed by atoms with Crippen LogP contribution in [0.5, 0.6) is 0 Å². The van der Waals surface area contributed by atoms with Gasteiger partial charge in [0.15, 0.2) is 0 Å². The Kier molecular flexibility index (Phi) is 3.12. The summed E-state index contributed by atoms with van der Waals surface area (Å²) in [7, 11) is 0. The predicted molar refractivity (Wildman–Crippen MR) is 83.9 cm³/mol. The monoisotopic (exact) mass is 284 g/mol. The minimum atomic E-state index is 0.720. The molecule has 2 fully saturated rings. The number of nitrogens with one attached hydrogen (secondary N) is 1. The Morgan fingerprint density at radius 3 is 2.65 bits per heavy atom. The van der Waals surface area contributed by atoms with Crippen molar-refractivity contribution in [2.45, 2.75) is 44.7 Å². The van der Waals surface area contributed by atoms with Crippen molar-refractivity contribution in [3.05, 3.63) is 41.0 Å². The molecule has 20 heavy (non-hydrogen) atoms. The van der Waals surface area contributed by atoms with Gasteiger partial charge in [-0.05, 0) is 30.7 Å². The number of hydrogen-bond donors (Lipinski definition) is 1. The van der Waals surface area contributed by atoms with Crippen molar-refractivity contribution in [1.82, 2.24) is 10.3 Å². The van der Waals surface area contributed by atoms with Crippen LogP contribution in [-0.2, 0) is 6.54 Å². The summed E-state index contributed by atoms with van der Waals surface area (Å²) in [4.78, 5) is 6.32. The molecule has 2 atom stereocenters. The van der Waals surface area contributed by atoms with Crippen molar-refractivity contribution in [1.29, 1.82) is 0 Å². The Balaban J connectivity index is 1.64. The Morgan fingerprint density at radius 2 is 2.00 bits per heavy atom. The summed E-state index contributed by atoms with van der Waals surface area (Å²) < 4.78 is 0. The van der Waals surface area contributed by atoms with E-state index in [0.717, 1.165) is 24.4 Å². The SMILES string of the molecule is CC1CC1c1nc(CNC2CC2)c(-c2ccccc2)s1. The van der Waals surface area contributed by atoms with Crippen molar-refractivity contribution < 1.29 is 0 Å². The predicted octanol–water partition coefficient (Wildman–Crippen LogP) is 4.19. The van der Waals surface area contributed by atoms with Crippen molar-refractivity contribution >= 4 is 11.3 Å². The number of hydrogen-bond acceptors (Lipinski definition) is 3. The summed E-state index contributed by atoms with van der Waals surface area (Å²) >= 11 is 1.91. The van der Waals surface area contributed by atoms with E-state index in [-0.39, 0.29) is 0 Å². The van der Waals surface area contributed by atoms with Crippen molar-refractivity contribution in [2.24, 2.45) is 5.92 Å². The number of benzene rings is 1. The van der Waals surface area contributed by atoms with Crippen LogP contribution >= 0.6 is 11.3 Å². The Hall–Kier alpha value is -1.19. The highest BCUT2D eigenvalue weighted by atomic mass is 32.1. The molecule has 0 spiro atoms. The molecule has 3 heteroatoms. The molecule has 2 saturated carbocycles. The van der Waals surface area contributed by atoms with Crippen molar-refractivity contribution in [2.75, 3.05) is 0 Å². The van der Waals surface area contributed by atoms with Gasteiger partial charge in [0.2, 0.25) is 0 Å². The first-order chi connectivity index (χ1) is 9.81. The van der Waals surface area contributed by atoms with E-state index in [0.29, 0.717) is 0 Å². The second-order valence-electron chi connectivity index (χ2n) is 6.17. The van der Waals surface area contributed by atoms with E-state index in [2.05, 4.69) is 42.6 Å². The van der Waals surface area contributed by atoms with Crippen LogP contribution in [0.2, 0.25) is 0 Å². The van der Waals surface area contributed by atoms with E-state index in [1.807, 2.05) is 11.3 Å². The van der Waals surface area contributed by atoms with E-state index < -0.39 is 0 Å². The zero-order valence-electron chi connectivity index (χ0n) is 11.8. The summed E-state index contributed by atoms with van der Waals surface area (Å²) in [5.74, 6) is 1.55. The molecule has 2 aromatic rings. The van der Waals surface area contributed by atoms with Crippen molar-refractivity contribution in [3.63, 3.8) is 0 Å². The molecule has 2 nitrogen and oxygen atoms in total. The topological polar surface area (TPSA) is 24.9 Å². The van der Waals surface area contributed by atoms with Gasteiger partial charge >= 0.3 is 0 Å². The van der Waals surface area contributed by atoms with Crippen LogP contribution < -0.4 is 5.32 Å². The van der Waals surface area contributed by atoms with Gasteiger partial charge in [0.05, 0.1) is 15.6 Å². The van der Waals surface area contributed by atoms with Gasteiger partial charge in [-0.15, -0.1) is 11.3 Å². The minimum absolute atomic E-state index is 0.720. The van der Waals surface area contributed by atoms with E-state index in [1.54, 1.807) is 0 Å². The van der Waals surface area contributed by atoms with Gasteiger partial charge in [-0.3, -0.25) is 0 Å². The van der Waals surface area contributed by atoms with Gasteiger partial charge < -0.3 is 5.32 Å². The fraction of sp³-hybridized carbons (Fsp3) is 0.471. The molecule has 1 N–H and O–H groups in total. The standard InChI is InChI=1S/C17H20N2S/c1-11-9-14(11)17-19-15(10-18-13-7-8-13)16(20-17)12-5-3-2-4-6-12/h2-6,11,13-14,18H,7-10H2,1H3. The van der Waals surface area contributed by atoms with E-state index >= 15 is 0 Å². The second kappa shape index (κ2) is 4.97. The second-order valence-corrected chi connectivity index (χ2v) is 7.20. The van der Waals surface area contributed by atoms with Gasteiger partial charge in [0.1, 0.15) is 0 Å². The minimum Gasteiger partial charge on any atom is -0.308 e. The Morgan fingerprint density at radius 1 is 1.25 bits per heavy atom. The maximum Gasteiger partial charge on any atom is 0.0969 e. The average Bonchev–Trinajstić information content (AvgIpc) is 3.39. The average molecular weight is 284 g/mol. The normalized spacial score (nSPS) is 24.9. The lowest BCUT2D eigenvalue weighted by Gasteiger charge is -2.03. The third kappa shape index (κ3) is 2.52. The molecule has 1 heterocycles. The first kappa shape index (κ1) is 12.5. The number of nitrogens with zero attached hydrogens (tertiary/aromatic N) is 1. The van der Waals surface area contributed by atoms with Crippen LogP contribution in [0.15, 0.2) is 30.3 Å². The van der Waals surface area contributed by atoms with Gasteiger partial charge in [-0.2, -0.15) is 0 Å². The molecule has 2 unspecified atom stereocenters. The van der Waals surface area contributed by atoms with Crippen molar-refractivity contribution in [3.8, 4) is 10.4 Å². The van der Waals surface area contributed by atoms with Crippen LogP contribution in [-0.4, -0.2) is 11.0 Å². The summed E-state index contributed by atoms with van der Waals surface area (Å²) in [5, 5.41) is 4.96. The third-order valence-electron chi connectivity index (χ3n) is 4.31. The molecule has 0 amide bonds. The third-order valence-corrected chi connectivity index (χ3v) is 5.59. The molecule has 0 radical (unpaired) electrons. The molecular weight excluding hydrogens is 264 g/mol. The van der Waals surface area contributed by atoms with Crippen LogP contribution in [0.3, 0.4) is 0 Å². The van der Waals surface area contributed by atoms with Gasteiger partial charge in [0, 0.05) is 18.5 Å². The zero-order valence-corrected chi connectivity index (χ0v) is 12.6. The fourth-order valence-corrected chi connectivity index (χ4v) is 3.99. The van der Waals surface area contributed by atoms with Crippen LogP contribution in [0.4, 0.5) is 0 Å². The maximum atomic E-state index is 4.95. The van der Waals surface area contributed by atoms with E-state index in [1.165, 1.54) is 40.4 Å². The molecular formula is C17H20N2S. The largest absolute Gasteiger partial charge is 0.308 e. The molecule has 1 aromatic heterocycles. The highest BCUT2D eigenvalue weighted by Gasteiger charge is 2.37. The Labute approximate surface area is 124 Å². The molecule has 0 saturated heterocycles. The lowest BCUT2D eigenvalue weighted by atomic mass is 10.1. The van der Waals surface area contributed by atoms with Crippen LogP contribution in [0.25, 0.3) is 10.4 Å². The smallest absolute Gasteiger partial charge is 0.0969 e. The first-order valence-corrected chi connectivity index (χ1v) is 8.41. The molecule has 2 aliphatic carbocycles. The Bertz CT molecular complexity index is 601. The summed E-state index contributed by atoms with van der Waals surface area (Å²) in [6, 6.07) is 11.5. The van der Waals surface area contributed by atoms with Gasteiger partial charge in [0.25, 0.3) is 0 Å². The zero-order chi connectivity index (χ0) is 13.5. The highest BCUT2D eigenvalue weighted by molar-refractivity contribution is 7.15. The van der Waals surface area contributed by atoms with Crippen LogP contribution in [0, 0.1) is 5.92 Å². The van der Waals surface area contributed by atoms with E-state index in [4.69, 9.17) is 4.98 Å². The van der Waals surface area contributed by atoms with Gasteiger partial charge in [-0.1, -0.05) is 37.3 Å². The lowest BCUT2D eigenvalue weighted by molar-refractivity contribution is 0.676. The molecule has 0 bridgehead atoms.